The van der Waals surface area contributed by atoms with E-state index in [9.17, 15) is 9.59 Å². The van der Waals surface area contributed by atoms with Gasteiger partial charge in [-0.2, -0.15) is 0 Å². The molecule has 2 fully saturated rings. The molecular weight excluding hydrogens is 256 g/mol. The van der Waals surface area contributed by atoms with E-state index in [1.807, 2.05) is 6.92 Å². The number of carbonyl (C=O) groups is 2. The summed E-state index contributed by atoms with van der Waals surface area (Å²) in [4.78, 5) is 27.4. The minimum Gasteiger partial charge on any atom is -0.355 e. The monoisotopic (exact) mass is 282 g/mol. The Morgan fingerprint density at radius 3 is 2.55 bits per heavy atom. The third-order valence-electron chi connectivity index (χ3n) is 4.20. The average molecular weight is 282 g/mol. The summed E-state index contributed by atoms with van der Waals surface area (Å²) in [6, 6.07) is 0. The first-order chi connectivity index (χ1) is 9.60. The van der Waals surface area contributed by atoms with Crippen molar-refractivity contribution in [2.45, 2.75) is 13.3 Å². The molecule has 0 unspecified atom stereocenters. The molecule has 2 rings (SSSR count). The molecule has 0 aromatic carbocycles. The molecule has 6 nitrogen and oxygen atoms in total. The lowest BCUT2D eigenvalue weighted by atomic mass is 10.0. The predicted octanol–water partition coefficient (Wildman–Crippen LogP) is -0.878. The number of amides is 2. The van der Waals surface area contributed by atoms with Crippen molar-refractivity contribution in [3.63, 3.8) is 0 Å². The second kappa shape index (κ2) is 7.04. The molecule has 2 N–H and O–H groups in total. The molecule has 0 aromatic heterocycles. The number of fused-ring (bicyclic) bond motifs is 1. The molecule has 0 aromatic rings. The van der Waals surface area contributed by atoms with Crippen LogP contribution >= 0.6 is 0 Å². The maximum atomic E-state index is 12.1. The number of hydrogen-bond acceptors (Lipinski definition) is 4. The molecule has 0 radical (unpaired) electrons. The topological polar surface area (TPSA) is 64.7 Å². The van der Waals surface area contributed by atoms with Crippen molar-refractivity contribution in [1.29, 1.82) is 0 Å². The van der Waals surface area contributed by atoms with Gasteiger partial charge < -0.3 is 15.5 Å². The molecule has 2 aliphatic rings. The summed E-state index contributed by atoms with van der Waals surface area (Å²) in [7, 11) is 1.70. The number of nitrogens with one attached hydrogen (secondary N) is 2. The van der Waals surface area contributed by atoms with E-state index in [0.29, 0.717) is 24.9 Å². The van der Waals surface area contributed by atoms with Crippen LogP contribution in [0.5, 0.6) is 0 Å². The van der Waals surface area contributed by atoms with Crippen molar-refractivity contribution in [3.8, 4) is 0 Å². The molecule has 6 heteroatoms. The van der Waals surface area contributed by atoms with Crippen LogP contribution in [0.4, 0.5) is 0 Å². The minimum atomic E-state index is -0.0785. The van der Waals surface area contributed by atoms with Gasteiger partial charge >= 0.3 is 0 Å². The van der Waals surface area contributed by atoms with E-state index in [0.717, 1.165) is 32.6 Å². The largest absolute Gasteiger partial charge is 0.355 e. The summed E-state index contributed by atoms with van der Waals surface area (Å²) in [6.45, 7) is 7.41. The molecular formula is C14H26N4O2. The molecule has 2 amide bonds. The lowest BCUT2D eigenvalue weighted by molar-refractivity contribution is -0.135. The fraction of sp³-hybridized carbons (Fsp3) is 0.857. The van der Waals surface area contributed by atoms with Crippen LogP contribution in [0.3, 0.4) is 0 Å². The van der Waals surface area contributed by atoms with Crippen molar-refractivity contribution in [3.05, 3.63) is 0 Å². The smallest absolute Gasteiger partial charge is 0.239 e. The zero-order chi connectivity index (χ0) is 14.5. The predicted molar refractivity (Wildman–Crippen MR) is 77.2 cm³/mol. The molecule has 0 spiro atoms. The first kappa shape index (κ1) is 15.3. The van der Waals surface area contributed by atoms with Gasteiger partial charge in [0, 0.05) is 26.7 Å². The first-order valence-electron chi connectivity index (χ1n) is 7.54. The first-order valence-corrected chi connectivity index (χ1v) is 7.54. The zero-order valence-corrected chi connectivity index (χ0v) is 12.5. The normalized spacial score (nSPS) is 25.5. The summed E-state index contributed by atoms with van der Waals surface area (Å²) in [5.74, 6) is 1.34. The van der Waals surface area contributed by atoms with Gasteiger partial charge in [0.1, 0.15) is 0 Å². The maximum Gasteiger partial charge on any atom is 0.239 e. The highest BCUT2D eigenvalue weighted by atomic mass is 16.2. The molecule has 20 heavy (non-hydrogen) atoms. The molecule has 2 atom stereocenters. The summed E-state index contributed by atoms with van der Waals surface area (Å²) in [5.41, 5.74) is 0. The van der Waals surface area contributed by atoms with Gasteiger partial charge in [-0.15, -0.1) is 0 Å². The van der Waals surface area contributed by atoms with Crippen LogP contribution in [0.15, 0.2) is 0 Å². The van der Waals surface area contributed by atoms with Gasteiger partial charge in [0.15, 0.2) is 0 Å². The van der Waals surface area contributed by atoms with Crippen LogP contribution in [0, 0.1) is 11.8 Å². The van der Waals surface area contributed by atoms with Gasteiger partial charge in [-0.3, -0.25) is 14.5 Å². The van der Waals surface area contributed by atoms with Crippen LogP contribution in [-0.2, 0) is 9.59 Å². The van der Waals surface area contributed by atoms with E-state index in [4.69, 9.17) is 0 Å². The molecule has 2 heterocycles. The van der Waals surface area contributed by atoms with Crippen molar-refractivity contribution >= 4 is 11.8 Å². The molecule has 0 bridgehead atoms. The number of likely N-dealkylation sites (N-methyl/N-ethyl adjacent to an activating group) is 1. The van der Waals surface area contributed by atoms with E-state index < -0.39 is 0 Å². The van der Waals surface area contributed by atoms with Crippen LogP contribution in [-0.4, -0.2) is 74.5 Å². The lowest BCUT2D eigenvalue weighted by Crippen LogP contribution is -2.43. The maximum absolute atomic E-state index is 12.1. The van der Waals surface area contributed by atoms with Crippen molar-refractivity contribution in [2.75, 3.05) is 52.9 Å². The van der Waals surface area contributed by atoms with E-state index >= 15 is 0 Å². The van der Waals surface area contributed by atoms with Gasteiger partial charge in [0.05, 0.1) is 13.1 Å². The summed E-state index contributed by atoms with van der Waals surface area (Å²) >= 11 is 0. The van der Waals surface area contributed by atoms with Gasteiger partial charge in [-0.1, -0.05) is 6.92 Å². The highest BCUT2D eigenvalue weighted by Gasteiger charge is 2.36. The standard InChI is InChI=1S/C14H26N4O2/c1-3-4-16-13(19)9-17(2)14(20)10-18-7-11-5-15-6-12(11)8-18/h11-12,15H,3-10H2,1-2H3,(H,16,19)/t11-,12+. The number of carbonyl (C=O) groups excluding carboxylic acids is 2. The molecule has 114 valence electrons. The molecule has 0 aliphatic carbocycles. The fourth-order valence-corrected chi connectivity index (χ4v) is 3.02. The Kier molecular flexibility index (Phi) is 5.37. The van der Waals surface area contributed by atoms with Crippen molar-refractivity contribution in [1.82, 2.24) is 20.4 Å². The van der Waals surface area contributed by atoms with Gasteiger partial charge in [-0.25, -0.2) is 0 Å². The van der Waals surface area contributed by atoms with Crippen LogP contribution < -0.4 is 10.6 Å². The Morgan fingerprint density at radius 1 is 1.30 bits per heavy atom. The van der Waals surface area contributed by atoms with Crippen LogP contribution in [0.1, 0.15) is 13.3 Å². The van der Waals surface area contributed by atoms with Gasteiger partial charge in [0.25, 0.3) is 0 Å². The summed E-state index contributed by atoms with van der Waals surface area (Å²) in [5, 5.41) is 6.18. The molecule has 2 saturated heterocycles. The molecule has 2 aliphatic heterocycles. The third kappa shape index (κ3) is 3.93. The number of likely N-dealkylation sites (tertiary alicyclic amines) is 1. The van der Waals surface area contributed by atoms with Crippen LogP contribution in [0.2, 0.25) is 0 Å². The second-order valence-corrected chi connectivity index (χ2v) is 5.97. The Balaban J connectivity index is 1.70. The third-order valence-corrected chi connectivity index (χ3v) is 4.20. The highest BCUT2D eigenvalue weighted by Crippen LogP contribution is 2.25. The van der Waals surface area contributed by atoms with E-state index in [1.165, 1.54) is 4.90 Å². The average Bonchev–Trinajstić information content (AvgIpc) is 2.96. The number of rotatable bonds is 6. The van der Waals surface area contributed by atoms with E-state index in [-0.39, 0.29) is 18.4 Å². The number of nitrogens with zero attached hydrogens (tertiary/aromatic N) is 2. The Bertz CT molecular complexity index is 349. The summed E-state index contributed by atoms with van der Waals surface area (Å²) < 4.78 is 0. The van der Waals surface area contributed by atoms with Crippen LogP contribution in [0.25, 0.3) is 0 Å². The zero-order valence-electron chi connectivity index (χ0n) is 12.5. The van der Waals surface area contributed by atoms with Gasteiger partial charge in [-0.05, 0) is 31.3 Å². The van der Waals surface area contributed by atoms with Crippen molar-refractivity contribution < 1.29 is 9.59 Å². The quantitative estimate of drug-likeness (QED) is 0.664. The van der Waals surface area contributed by atoms with E-state index in [1.54, 1.807) is 7.05 Å². The molecule has 0 saturated carbocycles. The SMILES string of the molecule is CCCNC(=O)CN(C)C(=O)CN1C[C@H]2CNC[C@H]2C1. The Morgan fingerprint density at radius 2 is 1.95 bits per heavy atom. The van der Waals surface area contributed by atoms with Crippen molar-refractivity contribution in [2.24, 2.45) is 11.8 Å². The minimum absolute atomic E-state index is 0.0320. The second-order valence-electron chi connectivity index (χ2n) is 5.97. The fourth-order valence-electron chi connectivity index (χ4n) is 3.02. The van der Waals surface area contributed by atoms with Gasteiger partial charge in [0.2, 0.25) is 11.8 Å². The number of hydrogen-bond donors (Lipinski definition) is 2. The van der Waals surface area contributed by atoms with E-state index in [2.05, 4.69) is 15.5 Å². The lowest BCUT2D eigenvalue weighted by Gasteiger charge is -2.21. The highest BCUT2D eigenvalue weighted by molar-refractivity contribution is 5.85. The Labute approximate surface area is 120 Å². The Hall–Kier alpha value is -1.14. The summed E-state index contributed by atoms with van der Waals surface area (Å²) in [6.07, 6.45) is 0.911.